The van der Waals surface area contributed by atoms with Crippen molar-refractivity contribution in [3.8, 4) is 0 Å². The number of unbranched alkanes of at least 4 members (excludes halogenated alkanes) is 2. The number of aromatic nitrogens is 1. The molecular formula is C20H31N3O2. The Hall–Kier alpha value is -2.01. The first kappa shape index (κ1) is 19.3. The molecule has 0 fully saturated rings. The fourth-order valence-corrected chi connectivity index (χ4v) is 2.93. The number of hydrogen-bond donors (Lipinski definition) is 1. The number of anilines is 1. The average molecular weight is 345 g/mol. The molecule has 2 aromatic rings. The van der Waals surface area contributed by atoms with Crippen LogP contribution in [0.1, 0.15) is 39.5 Å². The number of amides is 2. The highest BCUT2D eigenvalue weighted by atomic mass is 16.5. The summed E-state index contributed by atoms with van der Waals surface area (Å²) in [6.45, 7) is 7.33. The van der Waals surface area contributed by atoms with E-state index in [1.807, 2.05) is 23.2 Å². The van der Waals surface area contributed by atoms with Crippen LogP contribution in [-0.4, -0.2) is 42.3 Å². The number of carbonyl (C=O) groups excluding carboxylic acids is 1. The highest BCUT2D eigenvalue weighted by Crippen LogP contribution is 2.26. The Morgan fingerprint density at radius 1 is 1.16 bits per heavy atom. The third-order valence-corrected chi connectivity index (χ3v) is 4.42. The van der Waals surface area contributed by atoms with Gasteiger partial charge in [0.25, 0.3) is 0 Å². The highest BCUT2D eigenvalue weighted by molar-refractivity contribution is 6.01. The predicted octanol–water partition coefficient (Wildman–Crippen LogP) is 4.72. The molecule has 0 unspecified atom stereocenters. The van der Waals surface area contributed by atoms with Crippen LogP contribution in [0.15, 0.2) is 30.5 Å². The van der Waals surface area contributed by atoms with Crippen molar-refractivity contribution in [2.45, 2.75) is 46.1 Å². The summed E-state index contributed by atoms with van der Waals surface area (Å²) in [5.41, 5.74) is 1.98. The number of nitrogens with zero attached hydrogens (tertiary/aromatic N) is 2. The van der Waals surface area contributed by atoms with E-state index in [-0.39, 0.29) is 6.03 Å². The van der Waals surface area contributed by atoms with Crippen LogP contribution in [0.25, 0.3) is 10.9 Å². The van der Waals surface area contributed by atoms with Gasteiger partial charge in [0.15, 0.2) is 0 Å². The molecule has 0 saturated carbocycles. The normalized spacial score (nSPS) is 11.0. The molecule has 2 rings (SSSR count). The van der Waals surface area contributed by atoms with Crippen molar-refractivity contribution in [3.63, 3.8) is 0 Å². The van der Waals surface area contributed by atoms with Crippen molar-refractivity contribution in [1.82, 2.24) is 9.47 Å². The highest BCUT2D eigenvalue weighted by Gasteiger charge is 2.15. The first-order valence-corrected chi connectivity index (χ1v) is 9.34. The van der Waals surface area contributed by atoms with Crippen LogP contribution in [0.4, 0.5) is 10.5 Å². The molecule has 25 heavy (non-hydrogen) atoms. The van der Waals surface area contributed by atoms with E-state index < -0.39 is 0 Å². The van der Waals surface area contributed by atoms with Gasteiger partial charge in [-0.05, 0) is 18.9 Å². The number of carbonyl (C=O) groups is 1. The van der Waals surface area contributed by atoms with Crippen LogP contribution in [0.3, 0.4) is 0 Å². The molecule has 138 valence electrons. The number of hydrogen-bond acceptors (Lipinski definition) is 2. The van der Waals surface area contributed by atoms with Crippen molar-refractivity contribution < 1.29 is 9.53 Å². The van der Waals surface area contributed by atoms with Gasteiger partial charge in [-0.25, -0.2) is 4.79 Å². The van der Waals surface area contributed by atoms with Crippen LogP contribution >= 0.6 is 0 Å². The molecule has 0 aliphatic carbocycles. The number of fused-ring (bicyclic) bond motifs is 1. The molecule has 1 N–H and O–H groups in total. The number of benzene rings is 1. The second-order valence-electron chi connectivity index (χ2n) is 6.37. The first-order valence-electron chi connectivity index (χ1n) is 9.34. The van der Waals surface area contributed by atoms with Gasteiger partial charge in [-0.15, -0.1) is 0 Å². The van der Waals surface area contributed by atoms with E-state index in [1.165, 1.54) is 0 Å². The van der Waals surface area contributed by atoms with Crippen molar-refractivity contribution in [2.75, 3.05) is 32.1 Å². The van der Waals surface area contributed by atoms with E-state index in [4.69, 9.17) is 4.74 Å². The molecule has 2 amide bonds. The zero-order valence-corrected chi connectivity index (χ0v) is 15.8. The minimum absolute atomic E-state index is 0.00320. The smallest absolute Gasteiger partial charge is 0.321 e. The number of nitrogens with one attached hydrogen (secondary N) is 1. The molecule has 5 nitrogen and oxygen atoms in total. The lowest BCUT2D eigenvalue weighted by atomic mass is 10.2. The molecule has 1 heterocycles. The zero-order valence-electron chi connectivity index (χ0n) is 15.8. The van der Waals surface area contributed by atoms with Crippen LogP contribution in [0, 0.1) is 0 Å². The second kappa shape index (κ2) is 10.1. The van der Waals surface area contributed by atoms with Gasteiger partial charge in [0.1, 0.15) is 0 Å². The molecular weight excluding hydrogens is 314 g/mol. The van der Waals surface area contributed by atoms with Crippen LogP contribution in [-0.2, 0) is 11.3 Å². The van der Waals surface area contributed by atoms with Crippen LogP contribution in [0.5, 0.6) is 0 Å². The quantitative estimate of drug-likeness (QED) is 0.677. The molecule has 0 aliphatic rings. The van der Waals surface area contributed by atoms with Crippen molar-refractivity contribution in [1.29, 1.82) is 0 Å². The Morgan fingerprint density at radius 2 is 1.84 bits per heavy atom. The fourth-order valence-electron chi connectivity index (χ4n) is 2.93. The Balaban J connectivity index is 2.17. The fraction of sp³-hybridized carbons (Fsp3) is 0.550. The van der Waals surface area contributed by atoms with Gasteiger partial charge in [-0.3, -0.25) is 0 Å². The molecule has 0 radical (unpaired) electrons. The van der Waals surface area contributed by atoms with Gasteiger partial charge in [-0.2, -0.15) is 0 Å². The van der Waals surface area contributed by atoms with E-state index in [0.717, 1.165) is 61.9 Å². The summed E-state index contributed by atoms with van der Waals surface area (Å²) in [4.78, 5) is 14.7. The van der Waals surface area contributed by atoms with Gasteiger partial charge in [-0.1, -0.05) is 44.9 Å². The minimum Gasteiger partial charge on any atom is -0.383 e. The summed E-state index contributed by atoms with van der Waals surface area (Å²) in [5, 5.41) is 4.19. The minimum atomic E-state index is -0.00320. The Labute approximate surface area is 150 Å². The number of rotatable bonds is 10. The number of methoxy groups -OCH3 is 1. The van der Waals surface area contributed by atoms with E-state index in [0.29, 0.717) is 6.61 Å². The van der Waals surface area contributed by atoms with Gasteiger partial charge in [0.2, 0.25) is 0 Å². The summed E-state index contributed by atoms with van der Waals surface area (Å²) in [6.07, 6.45) is 6.26. The number of para-hydroxylation sites is 1. The van der Waals surface area contributed by atoms with Crippen LogP contribution in [0.2, 0.25) is 0 Å². The lowest BCUT2D eigenvalue weighted by Crippen LogP contribution is -2.36. The summed E-state index contributed by atoms with van der Waals surface area (Å²) < 4.78 is 7.33. The SMILES string of the molecule is CCCCN(CCCC)C(=O)Nc1cn(CCOC)c2ccccc12. The Morgan fingerprint density at radius 3 is 2.48 bits per heavy atom. The summed E-state index contributed by atoms with van der Waals surface area (Å²) in [7, 11) is 1.70. The molecule has 0 atom stereocenters. The van der Waals surface area contributed by atoms with Gasteiger partial charge in [0.05, 0.1) is 17.8 Å². The zero-order chi connectivity index (χ0) is 18.1. The summed E-state index contributed by atoms with van der Waals surface area (Å²) >= 11 is 0. The largest absolute Gasteiger partial charge is 0.383 e. The van der Waals surface area contributed by atoms with Crippen molar-refractivity contribution in [2.24, 2.45) is 0 Å². The van der Waals surface area contributed by atoms with Crippen molar-refractivity contribution >= 4 is 22.6 Å². The van der Waals surface area contributed by atoms with Gasteiger partial charge < -0.3 is 19.5 Å². The third kappa shape index (κ3) is 5.23. The van der Waals surface area contributed by atoms with E-state index in [1.54, 1.807) is 7.11 Å². The van der Waals surface area contributed by atoms with E-state index >= 15 is 0 Å². The summed E-state index contributed by atoms with van der Waals surface area (Å²) in [5.74, 6) is 0. The van der Waals surface area contributed by atoms with Gasteiger partial charge in [0, 0.05) is 38.3 Å². The molecule has 1 aromatic carbocycles. The Kier molecular flexibility index (Phi) is 7.79. The lowest BCUT2D eigenvalue weighted by molar-refractivity contribution is 0.188. The summed E-state index contributed by atoms with van der Waals surface area (Å²) in [6, 6.07) is 8.15. The monoisotopic (exact) mass is 345 g/mol. The maximum atomic E-state index is 12.8. The van der Waals surface area contributed by atoms with Crippen LogP contribution < -0.4 is 5.32 Å². The third-order valence-electron chi connectivity index (χ3n) is 4.42. The topological polar surface area (TPSA) is 46.5 Å². The molecule has 1 aromatic heterocycles. The first-order chi connectivity index (χ1) is 12.2. The Bertz CT molecular complexity index is 658. The molecule has 0 aliphatic heterocycles. The van der Waals surface area contributed by atoms with E-state index in [9.17, 15) is 4.79 Å². The molecule has 5 heteroatoms. The van der Waals surface area contributed by atoms with E-state index in [2.05, 4.69) is 35.9 Å². The molecule has 0 spiro atoms. The lowest BCUT2D eigenvalue weighted by Gasteiger charge is -2.22. The van der Waals surface area contributed by atoms with Gasteiger partial charge >= 0.3 is 6.03 Å². The second-order valence-corrected chi connectivity index (χ2v) is 6.37. The molecule has 0 bridgehead atoms. The number of ether oxygens (including phenoxy) is 1. The van der Waals surface area contributed by atoms with Crippen molar-refractivity contribution in [3.05, 3.63) is 30.5 Å². The maximum Gasteiger partial charge on any atom is 0.321 e. The maximum absolute atomic E-state index is 12.8. The molecule has 0 saturated heterocycles. The standard InChI is InChI=1S/C20H31N3O2/c1-4-6-12-22(13-7-5-2)20(24)21-18-16-23(14-15-25-3)19-11-9-8-10-17(18)19/h8-11,16H,4-7,12-15H2,1-3H3,(H,21,24). The average Bonchev–Trinajstić information content (AvgIpc) is 2.98. The predicted molar refractivity (Wildman–Crippen MR) is 104 cm³/mol. The number of urea groups is 1.